The van der Waals surface area contributed by atoms with Crippen LogP contribution in [0.15, 0.2) is 78.2 Å². The smallest absolute Gasteiger partial charge is 0.416 e. The molecule has 0 bridgehead atoms. The molecule has 43 heavy (non-hydrogen) atoms. The topological polar surface area (TPSA) is 82.5 Å². The molecule has 0 unspecified atom stereocenters. The van der Waals surface area contributed by atoms with Gasteiger partial charge in [0.15, 0.2) is 5.13 Å². The molecule has 4 rings (SSSR count). The quantitative estimate of drug-likeness (QED) is 0.172. The van der Waals surface area contributed by atoms with Crippen LogP contribution in [0.3, 0.4) is 0 Å². The van der Waals surface area contributed by atoms with Gasteiger partial charge in [-0.15, -0.1) is 11.3 Å². The lowest BCUT2D eigenvalue weighted by Gasteiger charge is -2.22. The molecule has 1 aromatic heterocycles. The summed E-state index contributed by atoms with van der Waals surface area (Å²) in [7, 11) is 0. The Hall–Kier alpha value is -4.39. The van der Waals surface area contributed by atoms with Gasteiger partial charge < -0.3 is 15.3 Å². The van der Waals surface area contributed by atoms with E-state index in [2.05, 4.69) is 10.3 Å². The average Bonchev–Trinajstić information content (AvgIpc) is 3.45. The van der Waals surface area contributed by atoms with Gasteiger partial charge in [0.2, 0.25) is 0 Å². The van der Waals surface area contributed by atoms with E-state index >= 15 is 0 Å². The van der Waals surface area contributed by atoms with E-state index in [0.29, 0.717) is 35.8 Å². The number of thiazole rings is 1. The zero-order chi connectivity index (χ0) is 31.2. The van der Waals surface area contributed by atoms with Crippen LogP contribution in [0.1, 0.15) is 39.0 Å². The van der Waals surface area contributed by atoms with Crippen LogP contribution in [0, 0.1) is 0 Å². The number of nitrogens with one attached hydrogen (secondary N) is 1. The Kier molecular flexibility index (Phi) is 9.74. The van der Waals surface area contributed by atoms with Gasteiger partial charge in [0.1, 0.15) is 0 Å². The highest BCUT2D eigenvalue weighted by molar-refractivity contribution is 7.14. The highest BCUT2D eigenvalue weighted by Crippen LogP contribution is 2.39. The second-order valence-corrected chi connectivity index (χ2v) is 10.4. The van der Waals surface area contributed by atoms with E-state index in [1.807, 2.05) is 35.2 Å². The Bertz CT molecular complexity index is 1520. The monoisotopic (exact) mass is 621 g/mol. The van der Waals surface area contributed by atoms with Gasteiger partial charge in [-0.2, -0.15) is 26.3 Å². The number of hydrogen-bond acceptors (Lipinski definition) is 5. The molecule has 226 valence electrons. The maximum absolute atomic E-state index is 13.4. The number of aromatic nitrogens is 1. The van der Waals surface area contributed by atoms with Crippen molar-refractivity contribution in [2.75, 3.05) is 18.0 Å². The van der Waals surface area contributed by atoms with Crippen molar-refractivity contribution in [2.24, 2.45) is 0 Å². The molecule has 0 aliphatic heterocycles. The van der Waals surface area contributed by atoms with E-state index in [9.17, 15) is 35.9 Å². The molecule has 0 radical (unpaired) electrons. The molecular formula is C30H25F6N3O3S. The highest BCUT2D eigenvalue weighted by atomic mass is 32.1. The summed E-state index contributed by atoms with van der Waals surface area (Å²) in [5.41, 5.74) is -1.04. The molecule has 0 aliphatic rings. The second-order valence-electron chi connectivity index (χ2n) is 9.56. The van der Waals surface area contributed by atoms with Crippen molar-refractivity contribution in [3.05, 3.63) is 106 Å². The van der Waals surface area contributed by atoms with Crippen molar-refractivity contribution < 1.29 is 41.0 Å². The Morgan fingerprint density at radius 2 is 1.49 bits per heavy atom. The zero-order valence-corrected chi connectivity index (χ0v) is 23.2. The largest absolute Gasteiger partial charge is 0.481 e. The summed E-state index contributed by atoms with van der Waals surface area (Å²) in [6.45, 7) is 0.702. The predicted molar refractivity (Wildman–Crippen MR) is 150 cm³/mol. The molecule has 4 aromatic rings. The van der Waals surface area contributed by atoms with Crippen LogP contribution in [0.2, 0.25) is 0 Å². The van der Waals surface area contributed by atoms with Crippen molar-refractivity contribution in [1.82, 2.24) is 10.3 Å². The highest BCUT2D eigenvalue weighted by Gasteiger charge is 2.37. The molecule has 6 nitrogen and oxygen atoms in total. The molecule has 0 spiro atoms. The molecule has 3 aromatic carbocycles. The minimum absolute atomic E-state index is 0.0188. The number of hydrogen-bond donors (Lipinski definition) is 2. The van der Waals surface area contributed by atoms with Crippen molar-refractivity contribution in [1.29, 1.82) is 0 Å². The fourth-order valence-electron chi connectivity index (χ4n) is 4.16. The van der Waals surface area contributed by atoms with Gasteiger partial charge in [0, 0.05) is 36.1 Å². The lowest BCUT2D eigenvalue weighted by atomic mass is 10.0. The molecule has 1 heterocycles. The van der Waals surface area contributed by atoms with Crippen LogP contribution < -0.4 is 10.2 Å². The summed E-state index contributed by atoms with van der Waals surface area (Å²) in [5, 5.41) is 13.1. The van der Waals surface area contributed by atoms with E-state index in [0.717, 1.165) is 22.5 Å². The Balaban J connectivity index is 1.60. The Morgan fingerprint density at radius 1 is 0.860 bits per heavy atom. The van der Waals surface area contributed by atoms with Gasteiger partial charge in [0.05, 0.1) is 23.2 Å². The fraction of sp³-hybridized carbons (Fsp3) is 0.233. The van der Waals surface area contributed by atoms with Crippen molar-refractivity contribution >= 4 is 28.3 Å². The van der Waals surface area contributed by atoms with Crippen molar-refractivity contribution in [2.45, 2.75) is 31.7 Å². The molecular weight excluding hydrogens is 596 g/mol. The molecule has 13 heteroatoms. The van der Waals surface area contributed by atoms with Crippen LogP contribution in [0.4, 0.5) is 31.5 Å². The normalized spacial score (nSPS) is 11.8. The van der Waals surface area contributed by atoms with Crippen LogP contribution in [-0.2, 0) is 30.1 Å². The van der Waals surface area contributed by atoms with E-state index in [1.165, 1.54) is 5.38 Å². The number of aliphatic carboxylic acids is 1. The summed E-state index contributed by atoms with van der Waals surface area (Å²) < 4.78 is 80.5. The third kappa shape index (κ3) is 8.80. The van der Waals surface area contributed by atoms with Gasteiger partial charge in [-0.05, 0) is 47.9 Å². The number of carbonyl (C=O) groups excluding carboxylic acids is 1. The van der Waals surface area contributed by atoms with Crippen LogP contribution >= 0.6 is 11.3 Å². The Labute approximate surface area is 246 Å². The summed E-state index contributed by atoms with van der Waals surface area (Å²) in [5.74, 6) is -1.47. The molecule has 0 aliphatic carbocycles. The van der Waals surface area contributed by atoms with E-state index in [4.69, 9.17) is 5.11 Å². The first-order valence-corrected chi connectivity index (χ1v) is 13.8. The minimum atomic E-state index is -4.98. The second kappa shape index (κ2) is 13.3. The first-order chi connectivity index (χ1) is 20.3. The third-order valence-corrected chi connectivity index (χ3v) is 7.27. The number of rotatable bonds is 11. The molecule has 0 atom stereocenters. The number of halogens is 6. The molecule has 0 fully saturated rings. The maximum Gasteiger partial charge on any atom is 0.416 e. The lowest BCUT2D eigenvalue weighted by Crippen LogP contribution is -2.26. The third-order valence-electron chi connectivity index (χ3n) is 6.37. The van der Waals surface area contributed by atoms with Gasteiger partial charge in [0.25, 0.3) is 5.91 Å². The van der Waals surface area contributed by atoms with Gasteiger partial charge in [-0.1, -0.05) is 42.5 Å². The Morgan fingerprint density at radius 3 is 2.07 bits per heavy atom. The molecule has 0 saturated heterocycles. The van der Waals surface area contributed by atoms with Gasteiger partial charge in [-0.25, -0.2) is 4.98 Å². The van der Waals surface area contributed by atoms with Crippen molar-refractivity contribution in [3.63, 3.8) is 0 Å². The standard InChI is InChI=1S/C30H25F6N3O3S/c31-29(32,33)23-14-22(15-24(16-23)30(34,35)36)25-18-43-28(38-25)39(13-11-19-4-2-1-3-5-19)17-20-6-8-21(9-7-20)27(42)37-12-10-26(40)41/h1-9,14-16,18H,10-13,17H2,(H,37,42)(H,40,41). The first-order valence-electron chi connectivity index (χ1n) is 12.9. The van der Waals surface area contributed by atoms with Crippen LogP contribution in [0.25, 0.3) is 11.3 Å². The van der Waals surface area contributed by atoms with Crippen LogP contribution in [0.5, 0.6) is 0 Å². The van der Waals surface area contributed by atoms with Gasteiger partial charge in [-0.3, -0.25) is 9.59 Å². The summed E-state index contributed by atoms with van der Waals surface area (Å²) >= 11 is 1.09. The average molecular weight is 622 g/mol. The fourth-order valence-corrected chi connectivity index (χ4v) is 5.02. The number of benzene rings is 3. The van der Waals surface area contributed by atoms with E-state index < -0.39 is 35.4 Å². The maximum atomic E-state index is 13.4. The van der Waals surface area contributed by atoms with Crippen LogP contribution in [-0.4, -0.2) is 35.1 Å². The number of amides is 1. The SMILES string of the molecule is O=C(O)CCNC(=O)c1ccc(CN(CCc2ccccc2)c2nc(-c3cc(C(F)(F)F)cc(C(F)(F)F)c3)cs2)cc1. The lowest BCUT2D eigenvalue weighted by molar-refractivity contribution is -0.143. The van der Waals surface area contributed by atoms with Crippen molar-refractivity contribution in [3.8, 4) is 11.3 Å². The van der Waals surface area contributed by atoms with E-state index in [-0.39, 0.29) is 36.8 Å². The number of carbonyl (C=O) groups is 2. The molecule has 0 saturated carbocycles. The number of carboxylic acids is 1. The minimum Gasteiger partial charge on any atom is -0.481 e. The number of carboxylic acid groups (broad SMARTS) is 1. The number of alkyl halides is 6. The summed E-state index contributed by atoms with van der Waals surface area (Å²) in [6.07, 6.45) is -9.58. The number of anilines is 1. The predicted octanol–water partition coefficient (Wildman–Crippen LogP) is 7.30. The summed E-state index contributed by atoms with van der Waals surface area (Å²) in [4.78, 5) is 29.2. The zero-order valence-electron chi connectivity index (χ0n) is 22.4. The van der Waals surface area contributed by atoms with E-state index in [1.54, 1.807) is 24.3 Å². The summed E-state index contributed by atoms with van der Waals surface area (Å²) in [6, 6.07) is 17.5. The van der Waals surface area contributed by atoms with Gasteiger partial charge >= 0.3 is 18.3 Å². The first kappa shape index (κ1) is 31.5. The molecule has 2 N–H and O–H groups in total. The number of nitrogens with zero attached hydrogens (tertiary/aromatic N) is 2. The molecule has 1 amide bonds.